The van der Waals surface area contributed by atoms with E-state index in [1.807, 2.05) is 30.3 Å². The topological polar surface area (TPSA) is 36.9 Å². The summed E-state index contributed by atoms with van der Waals surface area (Å²) >= 11 is 0. The minimum absolute atomic E-state index is 0.740. The molecule has 190 valence electrons. The van der Waals surface area contributed by atoms with E-state index in [-0.39, 0.29) is 0 Å². The zero-order valence-electron chi connectivity index (χ0n) is 22.0. The molecule has 0 N–H and O–H groups in total. The first-order chi connectivity index (χ1) is 17.6. The second-order valence-corrected chi connectivity index (χ2v) is 8.74. The van der Waals surface area contributed by atoms with Crippen LogP contribution in [-0.4, -0.2) is 34.5 Å². The Hall–Kier alpha value is -3.50. The third-order valence-electron chi connectivity index (χ3n) is 5.96. The van der Waals surface area contributed by atoms with Gasteiger partial charge in [-0.2, -0.15) is 0 Å². The van der Waals surface area contributed by atoms with E-state index in [4.69, 9.17) is 18.9 Å². The van der Waals surface area contributed by atoms with Crippen LogP contribution in [-0.2, 0) is 4.74 Å². The van der Waals surface area contributed by atoms with Gasteiger partial charge in [0, 0.05) is 24.8 Å². The number of benzene rings is 3. The first kappa shape index (κ1) is 27.1. The minimum atomic E-state index is 0.740. The average Bonchev–Trinajstić information content (AvgIpc) is 2.91. The van der Waals surface area contributed by atoms with Crippen LogP contribution in [0, 0.1) is 6.92 Å². The van der Waals surface area contributed by atoms with Gasteiger partial charge in [-0.3, -0.25) is 0 Å². The van der Waals surface area contributed by atoms with Crippen molar-refractivity contribution < 1.29 is 18.9 Å². The van der Waals surface area contributed by atoms with Crippen molar-refractivity contribution in [1.29, 1.82) is 0 Å². The molecule has 0 bridgehead atoms. The Labute approximate surface area is 216 Å². The van der Waals surface area contributed by atoms with E-state index in [1.54, 1.807) is 21.3 Å². The Morgan fingerprint density at radius 1 is 0.583 bits per heavy atom. The van der Waals surface area contributed by atoms with Gasteiger partial charge in [0.05, 0.1) is 20.8 Å². The first-order valence-electron chi connectivity index (χ1n) is 12.5. The maximum absolute atomic E-state index is 5.87. The van der Waals surface area contributed by atoms with Crippen LogP contribution >= 0.6 is 0 Å². The van der Waals surface area contributed by atoms with Crippen molar-refractivity contribution in [2.75, 3.05) is 34.5 Å². The maximum atomic E-state index is 5.87. The van der Waals surface area contributed by atoms with Gasteiger partial charge in [0.1, 0.15) is 17.2 Å². The van der Waals surface area contributed by atoms with Gasteiger partial charge in [0.2, 0.25) is 0 Å². The van der Waals surface area contributed by atoms with E-state index in [2.05, 4.69) is 61.5 Å². The standard InChI is InChI=1S/C32H38O4/c1-25-9-11-26(12-10-25)13-17-28-23-32(35-4)29(24-31(28)34-3)18-14-27-15-19-30(20-16-27)36-22-8-6-5-7-21-33-2/h9-20,23-24H,5-8,21-22H2,1-4H3. The lowest BCUT2D eigenvalue weighted by atomic mass is 10.0. The summed E-state index contributed by atoms with van der Waals surface area (Å²) in [4.78, 5) is 0. The zero-order chi connectivity index (χ0) is 25.6. The highest BCUT2D eigenvalue weighted by molar-refractivity contribution is 5.79. The summed E-state index contributed by atoms with van der Waals surface area (Å²) in [7, 11) is 5.13. The van der Waals surface area contributed by atoms with E-state index in [0.29, 0.717) is 0 Å². The molecule has 0 fully saturated rings. The van der Waals surface area contributed by atoms with E-state index in [1.165, 1.54) is 12.0 Å². The second kappa shape index (κ2) is 14.8. The van der Waals surface area contributed by atoms with Crippen LogP contribution in [0.25, 0.3) is 24.3 Å². The second-order valence-electron chi connectivity index (χ2n) is 8.74. The molecule has 3 aromatic carbocycles. The number of methoxy groups -OCH3 is 3. The van der Waals surface area contributed by atoms with Crippen LogP contribution < -0.4 is 14.2 Å². The van der Waals surface area contributed by atoms with Crippen LogP contribution in [0.5, 0.6) is 17.2 Å². The Bertz CT molecular complexity index is 1110. The largest absolute Gasteiger partial charge is 0.496 e. The summed E-state index contributed by atoms with van der Waals surface area (Å²) < 4.78 is 22.3. The Morgan fingerprint density at radius 2 is 1.08 bits per heavy atom. The highest BCUT2D eigenvalue weighted by Gasteiger charge is 2.08. The smallest absolute Gasteiger partial charge is 0.126 e. The molecule has 0 aromatic heterocycles. The number of hydrogen-bond acceptors (Lipinski definition) is 4. The highest BCUT2D eigenvalue weighted by Crippen LogP contribution is 2.32. The summed E-state index contributed by atoms with van der Waals surface area (Å²) in [5.74, 6) is 2.49. The molecule has 4 nitrogen and oxygen atoms in total. The predicted molar refractivity (Wildman–Crippen MR) is 151 cm³/mol. The summed E-state index contributed by atoms with van der Waals surface area (Å²) in [6, 6.07) is 20.6. The van der Waals surface area contributed by atoms with Crippen molar-refractivity contribution in [1.82, 2.24) is 0 Å². The van der Waals surface area contributed by atoms with Gasteiger partial charge in [-0.15, -0.1) is 0 Å². The van der Waals surface area contributed by atoms with Crippen LogP contribution in [0.4, 0.5) is 0 Å². The van der Waals surface area contributed by atoms with Gasteiger partial charge < -0.3 is 18.9 Å². The summed E-state index contributed by atoms with van der Waals surface area (Å²) in [5.41, 5.74) is 5.39. The van der Waals surface area contributed by atoms with Crippen LogP contribution in [0.2, 0.25) is 0 Å². The first-order valence-corrected chi connectivity index (χ1v) is 12.5. The molecule has 3 aromatic rings. The van der Waals surface area contributed by atoms with Crippen molar-refractivity contribution in [3.05, 3.63) is 88.5 Å². The lowest BCUT2D eigenvalue weighted by Gasteiger charge is -2.11. The van der Waals surface area contributed by atoms with E-state index < -0.39 is 0 Å². The summed E-state index contributed by atoms with van der Waals surface area (Å²) in [5, 5.41) is 0. The summed E-state index contributed by atoms with van der Waals surface area (Å²) in [6.45, 7) is 3.66. The van der Waals surface area contributed by atoms with Crippen molar-refractivity contribution in [2.45, 2.75) is 32.6 Å². The predicted octanol–water partition coefficient (Wildman–Crippen LogP) is 7.94. The van der Waals surface area contributed by atoms with Gasteiger partial charge in [-0.1, -0.05) is 72.7 Å². The average molecular weight is 487 g/mol. The van der Waals surface area contributed by atoms with Crippen LogP contribution in [0.3, 0.4) is 0 Å². The van der Waals surface area contributed by atoms with Crippen molar-refractivity contribution in [2.24, 2.45) is 0 Å². The van der Waals surface area contributed by atoms with Gasteiger partial charge >= 0.3 is 0 Å². The number of aryl methyl sites for hydroxylation is 1. The number of unbranched alkanes of at least 4 members (excludes halogenated alkanes) is 3. The normalized spacial score (nSPS) is 11.3. The quantitative estimate of drug-likeness (QED) is 0.171. The third kappa shape index (κ3) is 8.62. The molecule has 0 spiro atoms. The molecule has 0 saturated carbocycles. The van der Waals surface area contributed by atoms with Crippen LogP contribution in [0.15, 0.2) is 60.7 Å². The minimum Gasteiger partial charge on any atom is -0.496 e. The maximum Gasteiger partial charge on any atom is 0.126 e. The van der Waals surface area contributed by atoms with E-state index >= 15 is 0 Å². The van der Waals surface area contributed by atoms with Crippen molar-refractivity contribution in [3.63, 3.8) is 0 Å². The molecule has 0 atom stereocenters. The molecular weight excluding hydrogens is 448 g/mol. The molecule has 0 aliphatic carbocycles. The molecule has 0 aliphatic heterocycles. The fourth-order valence-electron chi connectivity index (χ4n) is 3.82. The van der Waals surface area contributed by atoms with Crippen LogP contribution in [0.1, 0.15) is 53.5 Å². The molecule has 0 saturated heterocycles. The molecule has 0 amide bonds. The molecule has 0 radical (unpaired) electrons. The van der Waals surface area contributed by atoms with E-state index in [9.17, 15) is 0 Å². The molecular formula is C32H38O4. The van der Waals surface area contributed by atoms with Gasteiger partial charge in [-0.25, -0.2) is 0 Å². The van der Waals surface area contributed by atoms with Gasteiger partial charge in [-0.05, 0) is 61.6 Å². The molecule has 0 aliphatic rings. The molecule has 0 heterocycles. The summed E-state index contributed by atoms with van der Waals surface area (Å²) in [6.07, 6.45) is 12.8. The third-order valence-corrected chi connectivity index (χ3v) is 5.96. The monoisotopic (exact) mass is 486 g/mol. The number of rotatable bonds is 14. The zero-order valence-corrected chi connectivity index (χ0v) is 22.0. The highest BCUT2D eigenvalue weighted by atomic mass is 16.5. The van der Waals surface area contributed by atoms with Gasteiger partial charge in [0.15, 0.2) is 0 Å². The fraction of sp³-hybridized carbons (Fsp3) is 0.312. The number of hydrogen-bond donors (Lipinski definition) is 0. The van der Waals surface area contributed by atoms with Gasteiger partial charge in [0.25, 0.3) is 0 Å². The molecule has 36 heavy (non-hydrogen) atoms. The van der Waals surface area contributed by atoms with Crippen molar-refractivity contribution >= 4 is 24.3 Å². The molecule has 4 heteroatoms. The molecule has 3 rings (SSSR count). The SMILES string of the molecule is COCCCCCCOc1ccc(C=Cc2cc(OC)c(C=Cc3ccc(C)cc3)cc2OC)cc1. The van der Waals surface area contributed by atoms with E-state index in [0.717, 1.165) is 72.0 Å². The Kier molecular flexibility index (Phi) is 11.1. The lowest BCUT2D eigenvalue weighted by Crippen LogP contribution is -1.97. The fourth-order valence-corrected chi connectivity index (χ4v) is 3.82. The molecule has 0 unspecified atom stereocenters. The van der Waals surface area contributed by atoms with Crippen molar-refractivity contribution in [3.8, 4) is 17.2 Å². The Balaban J connectivity index is 1.62. The Morgan fingerprint density at radius 3 is 1.58 bits per heavy atom. The number of ether oxygens (including phenoxy) is 4. The lowest BCUT2D eigenvalue weighted by molar-refractivity contribution is 0.191.